The molecule has 8 aliphatic rings. The number of amides is 2. The average molecular weight is 469 g/mol. The summed E-state index contributed by atoms with van der Waals surface area (Å²) in [5, 5.41) is 6.99. The highest BCUT2D eigenvalue weighted by molar-refractivity contribution is 5.84. The van der Waals surface area contributed by atoms with Crippen molar-refractivity contribution in [2.75, 3.05) is 0 Å². The molecule has 0 atom stereocenters. The van der Waals surface area contributed by atoms with Crippen molar-refractivity contribution < 1.29 is 9.59 Å². The summed E-state index contributed by atoms with van der Waals surface area (Å²) in [4.78, 5) is 27.2. The molecular formula is C30H48N2O2. The lowest BCUT2D eigenvalue weighted by molar-refractivity contribution is -0.149. The quantitative estimate of drug-likeness (QED) is 0.482. The normalized spacial score (nSPS) is 44.4. The molecule has 8 saturated carbocycles. The topological polar surface area (TPSA) is 58.2 Å². The smallest absolute Gasteiger partial charge is 0.226 e. The second-order valence-corrected chi connectivity index (χ2v) is 15.6. The lowest BCUT2D eigenvalue weighted by atomic mass is 9.49. The molecule has 2 amide bonds. The van der Waals surface area contributed by atoms with E-state index in [2.05, 4.69) is 38.3 Å². The summed E-state index contributed by atoms with van der Waals surface area (Å²) in [6.07, 6.45) is 16.7. The Morgan fingerprint density at radius 1 is 0.559 bits per heavy atom. The van der Waals surface area contributed by atoms with Crippen molar-refractivity contribution in [3.8, 4) is 0 Å². The lowest BCUT2D eigenvalue weighted by Crippen LogP contribution is -2.59. The van der Waals surface area contributed by atoms with E-state index < -0.39 is 0 Å². The van der Waals surface area contributed by atoms with Gasteiger partial charge in [-0.1, -0.05) is 0 Å². The van der Waals surface area contributed by atoms with Crippen LogP contribution in [0.5, 0.6) is 0 Å². The number of hydrogen-bond acceptors (Lipinski definition) is 2. The molecule has 4 heteroatoms. The van der Waals surface area contributed by atoms with E-state index in [1.165, 1.54) is 38.5 Å². The Morgan fingerprint density at radius 2 is 0.794 bits per heavy atom. The summed E-state index contributed by atoms with van der Waals surface area (Å²) in [6, 6.07) is 0. The number of hydrogen-bond donors (Lipinski definition) is 2. The fraction of sp³-hybridized carbons (Fsp3) is 0.933. The van der Waals surface area contributed by atoms with Gasteiger partial charge in [0.25, 0.3) is 0 Å². The molecular weight excluding hydrogens is 420 g/mol. The molecule has 0 aromatic carbocycles. The minimum absolute atomic E-state index is 0.0890. The third-order valence-electron chi connectivity index (χ3n) is 11.3. The van der Waals surface area contributed by atoms with Crippen LogP contribution in [-0.4, -0.2) is 22.9 Å². The van der Waals surface area contributed by atoms with Gasteiger partial charge in [-0.05, 0) is 153 Å². The van der Waals surface area contributed by atoms with Crippen LogP contribution < -0.4 is 10.6 Å². The van der Waals surface area contributed by atoms with Gasteiger partial charge in [0.15, 0.2) is 0 Å². The monoisotopic (exact) mass is 468 g/mol. The van der Waals surface area contributed by atoms with E-state index in [0.29, 0.717) is 11.8 Å². The van der Waals surface area contributed by atoms with Gasteiger partial charge < -0.3 is 10.6 Å². The van der Waals surface area contributed by atoms with Crippen molar-refractivity contribution in [3.05, 3.63) is 0 Å². The molecule has 0 aromatic rings. The zero-order chi connectivity index (χ0) is 23.9. The van der Waals surface area contributed by atoms with E-state index in [1.807, 2.05) is 0 Å². The molecule has 0 spiro atoms. The van der Waals surface area contributed by atoms with Gasteiger partial charge in [-0.2, -0.15) is 0 Å². The van der Waals surface area contributed by atoms with Gasteiger partial charge in [0, 0.05) is 21.9 Å². The van der Waals surface area contributed by atoms with Crippen LogP contribution in [0.3, 0.4) is 0 Å². The Balaban J connectivity index is 1.05. The Kier molecular flexibility index (Phi) is 5.30. The molecule has 4 nitrogen and oxygen atoms in total. The summed E-state index contributed by atoms with van der Waals surface area (Å²) in [5.74, 6) is 5.40. The molecule has 0 radical (unpaired) electrons. The number of rotatable bonds is 7. The van der Waals surface area contributed by atoms with Crippen molar-refractivity contribution in [2.45, 2.75) is 129 Å². The van der Waals surface area contributed by atoms with E-state index in [4.69, 9.17) is 0 Å². The van der Waals surface area contributed by atoms with Crippen LogP contribution in [0.1, 0.15) is 118 Å². The maximum Gasteiger partial charge on any atom is 0.226 e. The average Bonchev–Trinajstić information content (AvgIpc) is 2.70. The number of carbonyl (C=O) groups is 2. The van der Waals surface area contributed by atoms with Crippen LogP contribution in [0.15, 0.2) is 0 Å². The minimum Gasteiger partial charge on any atom is -0.351 e. The molecule has 8 rings (SSSR count). The molecule has 190 valence electrons. The number of nitrogens with one attached hydrogen (secondary N) is 2. The van der Waals surface area contributed by atoms with E-state index in [1.54, 1.807) is 0 Å². The van der Waals surface area contributed by atoms with Crippen molar-refractivity contribution in [3.63, 3.8) is 0 Å². The zero-order valence-electron chi connectivity index (χ0n) is 22.2. The molecule has 8 bridgehead atoms. The van der Waals surface area contributed by atoms with Gasteiger partial charge in [0.05, 0.1) is 0 Å². The summed E-state index contributed by atoms with van der Waals surface area (Å²) < 4.78 is 0. The first-order valence-electron chi connectivity index (χ1n) is 14.6. The molecule has 0 aromatic heterocycles. The standard InChI is InChI=1S/C30H48N2O2/c1-27(2,31-25(33)29-13-19-7-20(14-29)9-21(8-19)15-29)5-6-28(3,4)32-26(34)30-16-22-10-23(17-30)12-24(11-22)18-30/h19-24H,5-18H2,1-4H3,(H,31,33)(H,32,34). The highest BCUT2D eigenvalue weighted by atomic mass is 16.2. The Hall–Kier alpha value is -1.06. The van der Waals surface area contributed by atoms with Crippen molar-refractivity contribution >= 4 is 11.8 Å². The first kappa shape index (κ1) is 23.3. The van der Waals surface area contributed by atoms with E-state index >= 15 is 0 Å². The molecule has 0 heterocycles. The van der Waals surface area contributed by atoms with E-state index in [9.17, 15) is 9.59 Å². The van der Waals surface area contributed by atoms with Crippen LogP contribution in [0.4, 0.5) is 0 Å². The van der Waals surface area contributed by atoms with Gasteiger partial charge in [-0.3, -0.25) is 9.59 Å². The summed E-state index contributed by atoms with van der Waals surface area (Å²) in [7, 11) is 0. The molecule has 8 aliphatic carbocycles. The first-order chi connectivity index (χ1) is 15.9. The van der Waals surface area contributed by atoms with Crippen LogP contribution in [0.25, 0.3) is 0 Å². The summed E-state index contributed by atoms with van der Waals surface area (Å²) >= 11 is 0. The fourth-order valence-electron chi connectivity index (χ4n) is 10.4. The Bertz CT molecular complexity index is 715. The predicted molar refractivity (Wildman–Crippen MR) is 135 cm³/mol. The second kappa shape index (κ2) is 7.72. The van der Waals surface area contributed by atoms with Crippen molar-refractivity contribution in [2.24, 2.45) is 46.3 Å². The molecule has 2 N–H and O–H groups in total. The van der Waals surface area contributed by atoms with Crippen LogP contribution in [0, 0.1) is 46.3 Å². The van der Waals surface area contributed by atoms with Crippen LogP contribution in [0.2, 0.25) is 0 Å². The molecule has 0 unspecified atom stereocenters. The predicted octanol–water partition coefficient (Wildman–Crippen LogP) is 5.99. The Labute approximate surface area is 207 Å². The highest BCUT2D eigenvalue weighted by Gasteiger charge is 2.56. The molecule has 34 heavy (non-hydrogen) atoms. The van der Waals surface area contributed by atoms with E-state index in [-0.39, 0.29) is 21.9 Å². The largest absolute Gasteiger partial charge is 0.351 e. The van der Waals surface area contributed by atoms with Gasteiger partial charge in [0.1, 0.15) is 0 Å². The Morgan fingerprint density at radius 3 is 1.03 bits per heavy atom. The minimum atomic E-state index is -0.247. The SMILES string of the molecule is CC(C)(CCC(C)(C)NC(=O)C12CC3CC(CC(C3)C1)C2)NC(=O)C12CC3CC(CC(C3)C1)C2. The number of carbonyl (C=O) groups excluding carboxylic acids is 2. The highest BCUT2D eigenvalue weighted by Crippen LogP contribution is 2.61. The van der Waals surface area contributed by atoms with Crippen molar-refractivity contribution in [1.82, 2.24) is 10.6 Å². The molecule has 0 saturated heterocycles. The molecule has 0 aliphatic heterocycles. The van der Waals surface area contributed by atoms with Crippen LogP contribution in [-0.2, 0) is 9.59 Å². The van der Waals surface area contributed by atoms with Crippen LogP contribution >= 0.6 is 0 Å². The molecule has 8 fully saturated rings. The van der Waals surface area contributed by atoms with Gasteiger partial charge in [0.2, 0.25) is 11.8 Å². The first-order valence-corrected chi connectivity index (χ1v) is 14.6. The third-order valence-corrected chi connectivity index (χ3v) is 11.3. The van der Waals surface area contributed by atoms with Gasteiger partial charge >= 0.3 is 0 Å². The van der Waals surface area contributed by atoms with Gasteiger partial charge in [-0.25, -0.2) is 0 Å². The maximum absolute atomic E-state index is 13.6. The maximum atomic E-state index is 13.6. The summed E-state index contributed by atoms with van der Waals surface area (Å²) in [5.41, 5.74) is -0.672. The van der Waals surface area contributed by atoms with Gasteiger partial charge in [-0.15, -0.1) is 0 Å². The lowest BCUT2D eigenvalue weighted by Gasteiger charge is -2.56. The second-order valence-electron chi connectivity index (χ2n) is 15.6. The van der Waals surface area contributed by atoms with Crippen molar-refractivity contribution in [1.29, 1.82) is 0 Å². The fourth-order valence-corrected chi connectivity index (χ4v) is 10.4. The summed E-state index contributed by atoms with van der Waals surface area (Å²) in [6.45, 7) is 8.73. The van der Waals surface area contributed by atoms with E-state index in [0.717, 1.165) is 86.9 Å². The zero-order valence-corrected chi connectivity index (χ0v) is 22.2. The third kappa shape index (κ3) is 4.13.